The number of H-pyrrole nitrogens is 2. The summed E-state index contributed by atoms with van der Waals surface area (Å²) in [5, 5.41) is 24.0. The van der Waals surface area contributed by atoms with Crippen LogP contribution in [-0.4, -0.2) is 39.8 Å². The lowest BCUT2D eigenvalue weighted by atomic mass is 9.68. The van der Waals surface area contributed by atoms with Crippen molar-refractivity contribution in [3.8, 4) is 29.1 Å². The Kier molecular flexibility index (Phi) is 7.70. The molecule has 10 nitrogen and oxygen atoms in total. The minimum absolute atomic E-state index is 0.158. The van der Waals surface area contributed by atoms with Gasteiger partial charge in [-0.3, -0.25) is 15.0 Å². The second kappa shape index (κ2) is 12.9. The molecule has 0 radical (unpaired) electrons. The summed E-state index contributed by atoms with van der Waals surface area (Å²) in [7, 11) is 0. The predicted octanol–water partition coefficient (Wildman–Crippen LogP) is 7.85. The number of Topliss-reactive ketones (excluding diaryl/α,β-unsaturated/α-hetero) is 1. The maximum atomic E-state index is 12.6. The van der Waals surface area contributed by atoms with Crippen LogP contribution in [0.3, 0.4) is 0 Å². The van der Waals surface area contributed by atoms with Gasteiger partial charge in [0.2, 0.25) is 13.6 Å². The summed E-state index contributed by atoms with van der Waals surface area (Å²) in [6.45, 7) is 0.507. The Labute approximate surface area is 317 Å². The number of ether oxygens (including phenoxy) is 4. The first-order valence-corrected chi connectivity index (χ1v) is 18.4. The Bertz CT molecular complexity index is 2560. The fraction of sp³-hybridized carbons (Fsp3) is 0.200. The number of benzene rings is 4. The summed E-state index contributed by atoms with van der Waals surface area (Å²) in [6.07, 6.45) is 11.8. The summed E-state index contributed by atoms with van der Waals surface area (Å²) in [5.74, 6) is 3.40. The Morgan fingerprint density at radius 3 is 1.69 bits per heavy atom. The maximum Gasteiger partial charge on any atom is 0.231 e. The van der Waals surface area contributed by atoms with Crippen molar-refractivity contribution in [3.63, 3.8) is 0 Å². The van der Waals surface area contributed by atoms with Crippen LogP contribution in [0.25, 0.3) is 12.2 Å². The van der Waals surface area contributed by atoms with Crippen molar-refractivity contribution in [1.29, 1.82) is 5.26 Å². The molecule has 55 heavy (non-hydrogen) atoms. The van der Waals surface area contributed by atoms with E-state index in [9.17, 15) is 10.1 Å². The molecule has 1 fully saturated rings. The number of ketones is 1. The molecule has 4 aromatic carbocycles. The summed E-state index contributed by atoms with van der Waals surface area (Å²) < 4.78 is 22.2. The fourth-order valence-corrected chi connectivity index (χ4v) is 8.29. The van der Waals surface area contributed by atoms with Gasteiger partial charge in [-0.15, -0.1) is 0 Å². The van der Waals surface area contributed by atoms with Crippen LogP contribution in [0.4, 0.5) is 0 Å². The molecule has 0 amide bonds. The number of fused-ring (bicyclic) bond motifs is 4. The SMILES string of the molecule is N#Cc1n[nH]c2c1C=CC(c1ccccc1)(c1ccc3c(c1)OCO3)C2.O=C(c1n[nH]c2c1C=CC(c1ccccc1)(c1ccc3c(c1)OCO3)C2)C1CC1. The topological polar surface area (TPSA) is 135 Å². The molecule has 1 saturated carbocycles. The Morgan fingerprint density at radius 1 is 0.636 bits per heavy atom. The molecule has 2 aromatic heterocycles. The number of nitrogens with zero attached hydrogens (tertiary/aromatic N) is 3. The fourth-order valence-electron chi connectivity index (χ4n) is 8.29. The van der Waals surface area contributed by atoms with E-state index in [0.29, 0.717) is 24.2 Å². The Balaban J connectivity index is 0.000000136. The number of rotatable bonds is 6. The van der Waals surface area contributed by atoms with Gasteiger partial charge in [-0.05, 0) is 59.4 Å². The van der Waals surface area contributed by atoms with Gasteiger partial charge in [0, 0.05) is 52.1 Å². The number of hydrogen-bond acceptors (Lipinski definition) is 8. The van der Waals surface area contributed by atoms with Crippen LogP contribution < -0.4 is 18.9 Å². The molecule has 2 aliphatic heterocycles. The van der Waals surface area contributed by atoms with Gasteiger partial charge in [0.25, 0.3) is 0 Å². The highest BCUT2D eigenvalue weighted by atomic mass is 16.7. The molecule has 10 heteroatoms. The van der Waals surface area contributed by atoms with E-state index in [1.807, 2.05) is 48.5 Å². The van der Waals surface area contributed by atoms with Gasteiger partial charge in [0.05, 0.1) is 0 Å². The third-order valence-electron chi connectivity index (χ3n) is 11.4. The molecule has 11 rings (SSSR count). The van der Waals surface area contributed by atoms with Crippen molar-refractivity contribution < 1.29 is 23.7 Å². The summed E-state index contributed by atoms with van der Waals surface area (Å²) in [4.78, 5) is 12.6. The van der Waals surface area contributed by atoms with Crippen LogP contribution in [-0.2, 0) is 23.7 Å². The van der Waals surface area contributed by atoms with Gasteiger partial charge in [0.15, 0.2) is 34.5 Å². The van der Waals surface area contributed by atoms with Crippen molar-refractivity contribution in [2.45, 2.75) is 36.5 Å². The van der Waals surface area contributed by atoms with E-state index in [-0.39, 0.29) is 36.1 Å². The molecule has 270 valence electrons. The van der Waals surface area contributed by atoms with E-state index in [4.69, 9.17) is 18.9 Å². The summed E-state index contributed by atoms with van der Waals surface area (Å²) >= 11 is 0. The minimum atomic E-state index is -0.373. The Hall–Kier alpha value is -6.86. The highest BCUT2D eigenvalue weighted by Crippen LogP contribution is 2.47. The molecule has 6 aromatic rings. The number of carbonyl (C=O) groups excluding carboxylic acids is 1. The zero-order valence-electron chi connectivity index (χ0n) is 29.7. The molecule has 4 heterocycles. The third kappa shape index (κ3) is 5.50. The van der Waals surface area contributed by atoms with Crippen LogP contribution in [0.2, 0.25) is 0 Å². The van der Waals surface area contributed by atoms with E-state index >= 15 is 0 Å². The van der Waals surface area contributed by atoms with Gasteiger partial charge in [-0.25, -0.2) is 0 Å². The second-order valence-electron chi connectivity index (χ2n) is 14.5. The molecule has 0 spiro atoms. The molecule has 2 atom stereocenters. The quantitative estimate of drug-likeness (QED) is 0.166. The Morgan fingerprint density at radius 2 is 1.15 bits per heavy atom. The van der Waals surface area contributed by atoms with Crippen molar-refractivity contribution >= 4 is 17.9 Å². The monoisotopic (exact) mass is 725 g/mol. The van der Waals surface area contributed by atoms with Crippen LogP contribution in [0.15, 0.2) is 109 Å². The first-order chi connectivity index (χ1) is 27.0. The number of aromatic nitrogens is 4. The van der Waals surface area contributed by atoms with Crippen molar-refractivity contribution in [3.05, 3.63) is 165 Å². The average molecular weight is 726 g/mol. The molecule has 2 unspecified atom stereocenters. The van der Waals surface area contributed by atoms with Crippen molar-refractivity contribution in [1.82, 2.24) is 20.4 Å². The number of aromatic amines is 2. The zero-order chi connectivity index (χ0) is 37.0. The van der Waals surface area contributed by atoms with Gasteiger partial charge in [0.1, 0.15) is 11.8 Å². The van der Waals surface area contributed by atoms with Gasteiger partial charge in [-0.1, -0.05) is 97.1 Å². The lowest BCUT2D eigenvalue weighted by molar-refractivity contribution is 0.0962. The number of hydrogen-bond donors (Lipinski definition) is 2. The molecule has 3 aliphatic carbocycles. The van der Waals surface area contributed by atoms with E-state index in [1.54, 1.807) is 0 Å². The van der Waals surface area contributed by atoms with Gasteiger partial charge >= 0.3 is 0 Å². The van der Waals surface area contributed by atoms with Crippen molar-refractivity contribution in [2.75, 3.05) is 13.6 Å². The number of allylic oxidation sites excluding steroid dienone is 2. The molecule has 2 N–H and O–H groups in total. The van der Waals surface area contributed by atoms with Crippen molar-refractivity contribution in [2.24, 2.45) is 5.92 Å². The molecule has 5 aliphatic rings. The van der Waals surface area contributed by atoms with E-state index in [0.717, 1.165) is 69.5 Å². The third-order valence-corrected chi connectivity index (χ3v) is 11.4. The van der Waals surface area contributed by atoms with E-state index < -0.39 is 0 Å². The smallest absolute Gasteiger partial charge is 0.231 e. The maximum absolute atomic E-state index is 12.6. The normalized spacial score (nSPS) is 20.9. The highest BCUT2D eigenvalue weighted by molar-refractivity contribution is 6.01. The number of nitriles is 1. The first kappa shape index (κ1) is 32.8. The average Bonchev–Trinajstić information content (AvgIpc) is 3.57. The van der Waals surface area contributed by atoms with Crippen LogP contribution in [0.1, 0.15) is 73.8 Å². The van der Waals surface area contributed by atoms with E-state index in [2.05, 4.69) is 99.3 Å². The summed E-state index contributed by atoms with van der Waals surface area (Å²) in [6, 6.07) is 35.2. The standard InChI is InChI=1S/C24H20N2O3.C21H15N3O2/c27-23(15-6-7-15)22-18-10-11-24(13-19(18)25-26-22,16-4-2-1-3-5-16)17-8-9-20-21(12-17)29-14-28-20;22-12-18-16-8-9-21(11-17(16)23-24-18,14-4-2-1-3-5-14)15-6-7-19-20(10-15)26-13-25-19/h1-5,8-12,15H,6-7,13-14H2,(H,25,26);1-10H,11,13H2,(H,23,24). The van der Waals surface area contributed by atoms with Gasteiger partial charge in [-0.2, -0.15) is 15.5 Å². The minimum Gasteiger partial charge on any atom is -0.454 e. The molecular weight excluding hydrogens is 691 g/mol. The number of carbonyl (C=O) groups is 1. The van der Waals surface area contributed by atoms with Crippen LogP contribution >= 0.6 is 0 Å². The lowest BCUT2D eigenvalue weighted by Gasteiger charge is -2.34. The largest absolute Gasteiger partial charge is 0.454 e. The molecule has 0 saturated heterocycles. The predicted molar refractivity (Wildman–Crippen MR) is 204 cm³/mol. The lowest BCUT2D eigenvalue weighted by Crippen LogP contribution is -2.30. The second-order valence-corrected chi connectivity index (χ2v) is 14.5. The van der Waals surface area contributed by atoms with E-state index in [1.165, 1.54) is 11.1 Å². The van der Waals surface area contributed by atoms with Gasteiger partial charge < -0.3 is 18.9 Å². The summed E-state index contributed by atoms with van der Waals surface area (Å²) in [5.41, 5.74) is 8.66. The highest BCUT2D eigenvalue weighted by Gasteiger charge is 2.41. The van der Waals surface area contributed by atoms with Crippen LogP contribution in [0.5, 0.6) is 23.0 Å². The zero-order valence-corrected chi connectivity index (χ0v) is 29.7. The van der Waals surface area contributed by atoms with Crippen LogP contribution in [0, 0.1) is 17.2 Å². The molecular formula is C45H35N5O5. The number of nitrogens with one attached hydrogen (secondary N) is 2. The molecule has 0 bridgehead atoms. The first-order valence-electron chi connectivity index (χ1n) is 18.4.